The van der Waals surface area contributed by atoms with Gasteiger partial charge in [0.05, 0.1) is 18.1 Å². The Morgan fingerprint density at radius 2 is 1.56 bits per heavy atom. The second-order valence-corrected chi connectivity index (χ2v) is 6.13. The molecule has 0 unspecified atom stereocenters. The van der Waals surface area contributed by atoms with Gasteiger partial charge in [-0.3, -0.25) is 0 Å². The Balaban J connectivity index is 3.01. The van der Waals surface area contributed by atoms with Crippen LogP contribution in [0, 0.1) is 0 Å². The molecule has 0 radical (unpaired) electrons. The first-order valence-electron chi connectivity index (χ1n) is 5.43. The van der Waals surface area contributed by atoms with Crippen LogP contribution >= 0.6 is 15.9 Å². The first-order valence-corrected chi connectivity index (χ1v) is 7.99. The molecule has 0 saturated carbocycles. The summed E-state index contributed by atoms with van der Waals surface area (Å²) in [4.78, 5) is 0.161. The van der Waals surface area contributed by atoms with Gasteiger partial charge in [0.25, 0.3) is 0 Å². The van der Waals surface area contributed by atoms with Crippen LogP contribution in [0.15, 0.2) is 29.2 Å². The lowest BCUT2D eigenvalue weighted by molar-refractivity contribution is 0.217. The quantitative estimate of drug-likeness (QED) is 0.712. The van der Waals surface area contributed by atoms with Gasteiger partial charge in [0.1, 0.15) is 0 Å². The van der Waals surface area contributed by atoms with Crippen LogP contribution in [0.1, 0.15) is 5.56 Å². The van der Waals surface area contributed by atoms with E-state index in [2.05, 4.69) is 15.9 Å². The topological polar surface area (TPSA) is 77.8 Å². The van der Waals surface area contributed by atoms with E-state index in [-0.39, 0.29) is 31.2 Å². The normalized spacial score (nSPS) is 12.0. The second kappa shape index (κ2) is 7.20. The van der Waals surface area contributed by atoms with E-state index in [0.29, 0.717) is 5.33 Å². The molecule has 1 aromatic rings. The monoisotopic (exact) mass is 337 g/mol. The minimum absolute atomic E-state index is 0.0247. The molecule has 0 saturated heterocycles. The molecule has 7 heteroatoms. The lowest BCUT2D eigenvalue weighted by Gasteiger charge is -2.20. The fourth-order valence-electron chi connectivity index (χ4n) is 1.47. The van der Waals surface area contributed by atoms with E-state index in [9.17, 15) is 8.42 Å². The summed E-state index contributed by atoms with van der Waals surface area (Å²) >= 11 is 3.29. The first-order chi connectivity index (χ1) is 8.56. The van der Waals surface area contributed by atoms with Crippen molar-refractivity contribution in [1.82, 2.24) is 4.31 Å². The van der Waals surface area contributed by atoms with Crippen LogP contribution in [0.25, 0.3) is 0 Å². The highest BCUT2D eigenvalue weighted by Gasteiger charge is 2.23. The number of halogens is 1. The SMILES string of the molecule is O=S(=O)(c1ccc(CBr)cc1)N(CCO)CCO. The zero-order valence-corrected chi connectivity index (χ0v) is 12.2. The van der Waals surface area contributed by atoms with Crippen molar-refractivity contribution in [3.63, 3.8) is 0 Å². The zero-order valence-electron chi connectivity index (χ0n) is 9.79. The molecule has 0 atom stereocenters. The predicted octanol–water partition coefficient (Wildman–Crippen LogP) is 0.557. The Bertz CT molecular complexity index is 454. The third kappa shape index (κ3) is 3.76. The van der Waals surface area contributed by atoms with Gasteiger partial charge in [-0.1, -0.05) is 28.1 Å². The maximum absolute atomic E-state index is 12.2. The van der Waals surface area contributed by atoms with E-state index in [4.69, 9.17) is 10.2 Å². The molecule has 0 spiro atoms. The number of aliphatic hydroxyl groups excluding tert-OH is 2. The molecule has 0 aliphatic carbocycles. The van der Waals surface area contributed by atoms with Crippen molar-refractivity contribution in [1.29, 1.82) is 0 Å². The molecule has 1 rings (SSSR count). The number of hydrogen-bond acceptors (Lipinski definition) is 4. The Kier molecular flexibility index (Phi) is 6.24. The largest absolute Gasteiger partial charge is 0.395 e. The second-order valence-electron chi connectivity index (χ2n) is 3.63. The summed E-state index contributed by atoms with van der Waals surface area (Å²) in [5.74, 6) is 0. The maximum Gasteiger partial charge on any atom is 0.243 e. The molecule has 0 bridgehead atoms. The van der Waals surface area contributed by atoms with Crippen LogP contribution in [0.4, 0.5) is 0 Å². The molecular weight excluding hydrogens is 322 g/mol. The highest BCUT2D eigenvalue weighted by molar-refractivity contribution is 9.08. The van der Waals surface area contributed by atoms with Crippen molar-refractivity contribution in [3.8, 4) is 0 Å². The van der Waals surface area contributed by atoms with Crippen LogP contribution in [-0.2, 0) is 15.4 Å². The number of aliphatic hydroxyl groups is 2. The zero-order chi connectivity index (χ0) is 13.6. The van der Waals surface area contributed by atoms with Crippen molar-refractivity contribution in [3.05, 3.63) is 29.8 Å². The van der Waals surface area contributed by atoms with Crippen LogP contribution in [0.5, 0.6) is 0 Å². The molecule has 0 aliphatic heterocycles. The van der Waals surface area contributed by atoms with Crippen LogP contribution in [0.2, 0.25) is 0 Å². The van der Waals surface area contributed by atoms with Gasteiger partial charge in [-0.25, -0.2) is 8.42 Å². The van der Waals surface area contributed by atoms with Gasteiger partial charge in [0.15, 0.2) is 0 Å². The number of alkyl halides is 1. The molecule has 5 nitrogen and oxygen atoms in total. The van der Waals surface area contributed by atoms with Crippen LogP contribution in [-0.4, -0.2) is 49.2 Å². The molecule has 2 N–H and O–H groups in total. The molecule has 0 fully saturated rings. The predicted molar refractivity (Wildman–Crippen MR) is 72.0 cm³/mol. The molecule has 1 aromatic carbocycles. The summed E-state index contributed by atoms with van der Waals surface area (Å²) in [5.41, 5.74) is 0.977. The number of rotatable bonds is 7. The fourth-order valence-corrected chi connectivity index (χ4v) is 3.27. The van der Waals surface area contributed by atoms with E-state index < -0.39 is 10.0 Å². The molecule has 0 aromatic heterocycles. The van der Waals surface area contributed by atoms with Crippen molar-refractivity contribution in [2.24, 2.45) is 0 Å². The van der Waals surface area contributed by atoms with Crippen LogP contribution in [0.3, 0.4) is 0 Å². The molecule has 0 aliphatic rings. The molecule has 102 valence electrons. The molecule has 18 heavy (non-hydrogen) atoms. The Hall–Kier alpha value is -0.470. The van der Waals surface area contributed by atoms with Gasteiger partial charge in [0, 0.05) is 18.4 Å². The fraction of sp³-hybridized carbons (Fsp3) is 0.455. The summed E-state index contributed by atoms with van der Waals surface area (Å²) in [6.45, 7) is -0.608. The lowest BCUT2D eigenvalue weighted by Crippen LogP contribution is -2.35. The first kappa shape index (κ1) is 15.6. The third-order valence-corrected chi connectivity index (χ3v) is 4.97. The summed E-state index contributed by atoms with van der Waals surface area (Å²) in [6, 6.07) is 6.48. The van der Waals surface area contributed by atoms with Gasteiger partial charge in [-0.05, 0) is 17.7 Å². The summed E-state index contributed by atoms with van der Waals surface area (Å²) < 4.78 is 25.5. The van der Waals surface area contributed by atoms with Crippen molar-refractivity contribution in [2.45, 2.75) is 10.2 Å². The minimum atomic E-state index is -3.65. The molecular formula is C11H16BrNO4S. The van der Waals surface area contributed by atoms with Crippen molar-refractivity contribution < 1.29 is 18.6 Å². The number of benzene rings is 1. The number of sulfonamides is 1. The lowest BCUT2D eigenvalue weighted by atomic mass is 10.2. The van der Waals surface area contributed by atoms with Gasteiger partial charge in [-0.15, -0.1) is 0 Å². The average molecular weight is 338 g/mol. The molecule has 0 heterocycles. The standard InChI is InChI=1S/C11H16BrNO4S/c12-9-10-1-3-11(4-2-10)18(16,17)13(5-7-14)6-8-15/h1-4,14-15H,5-9H2. The van der Waals surface area contributed by atoms with Gasteiger partial charge in [-0.2, -0.15) is 4.31 Å². The average Bonchev–Trinajstić information content (AvgIpc) is 2.38. The minimum Gasteiger partial charge on any atom is -0.395 e. The van der Waals surface area contributed by atoms with E-state index in [1.54, 1.807) is 12.1 Å². The Morgan fingerprint density at radius 3 is 1.94 bits per heavy atom. The third-order valence-electron chi connectivity index (χ3n) is 2.41. The smallest absolute Gasteiger partial charge is 0.243 e. The summed E-state index contributed by atoms with van der Waals surface area (Å²) in [7, 11) is -3.65. The summed E-state index contributed by atoms with van der Waals surface area (Å²) in [5, 5.41) is 18.4. The summed E-state index contributed by atoms with van der Waals surface area (Å²) in [6.07, 6.45) is 0. The highest BCUT2D eigenvalue weighted by Crippen LogP contribution is 2.17. The van der Waals surface area contributed by atoms with E-state index in [1.165, 1.54) is 12.1 Å². The Labute approximate surface area is 115 Å². The van der Waals surface area contributed by atoms with Gasteiger partial charge >= 0.3 is 0 Å². The number of hydrogen-bond donors (Lipinski definition) is 2. The van der Waals surface area contributed by atoms with Crippen molar-refractivity contribution in [2.75, 3.05) is 26.3 Å². The maximum atomic E-state index is 12.2. The van der Waals surface area contributed by atoms with E-state index in [1.807, 2.05) is 0 Å². The Morgan fingerprint density at radius 1 is 1.06 bits per heavy atom. The van der Waals surface area contributed by atoms with Crippen LogP contribution < -0.4 is 0 Å². The number of nitrogens with zero attached hydrogens (tertiary/aromatic N) is 1. The van der Waals surface area contributed by atoms with Crippen molar-refractivity contribution >= 4 is 26.0 Å². The van der Waals surface area contributed by atoms with Gasteiger partial charge < -0.3 is 10.2 Å². The molecule has 0 amide bonds. The van der Waals surface area contributed by atoms with E-state index >= 15 is 0 Å². The van der Waals surface area contributed by atoms with E-state index in [0.717, 1.165) is 9.87 Å². The highest BCUT2D eigenvalue weighted by atomic mass is 79.9. The van der Waals surface area contributed by atoms with Gasteiger partial charge in [0.2, 0.25) is 10.0 Å².